The van der Waals surface area contributed by atoms with Crippen molar-refractivity contribution >= 4 is 23.2 Å². The molecule has 2 heteroatoms. The number of rotatable bonds is 4. The number of unbranched alkanes of at least 4 members (excludes halogenated alkanes) is 2. The van der Waals surface area contributed by atoms with E-state index in [-0.39, 0.29) is 0 Å². The first-order valence-corrected chi connectivity index (χ1v) is 4.20. The van der Waals surface area contributed by atoms with E-state index in [2.05, 4.69) is 13.0 Å². The first kappa shape index (κ1) is 10.1. The average molecular weight is 179 g/mol. The van der Waals surface area contributed by atoms with Gasteiger partial charge in [0.05, 0.1) is 0 Å². The number of hydrogen-bond donors (Lipinski definition) is 0. The Kier molecular flexibility index (Phi) is 7.21. The smallest absolute Gasteiger partial charge is 0.0845 e. The van der Waals surface area contributed by atoms with Gasteiger partial charge in [-0.15, -0.1) is 0 Å². The molecule has 10 heavy (non-hydrogen) atoms. The van der Waals surface area contributed by atoms with E-state index >= 15 is 0 Å². The Morgan fingerprint density at radius 3 is 2.60 bits per heavy atom. The van der Waals surface area contributed by atoms with Gasteiger partial charge in [0.25, 0.3) is 0 Å². The molecule has 0 bridgehead atoms. The summed E-state index contributed by atoms with van der Waals surface area (Å²) in [6.07, 6.45) is 9.18. The second-order valence-corrected chi connectivity index (χ2v) is 3.03. The molecule has 0 heterocycles. The number of halogens is 2. The second kappa shape index (κ2) is 7.17. The van der Waals surface area contributed by atoms with Crippen LogP contribution < -0.4 is 0 Å². The first-order valence-electron chi connectivity index (χ1n) is 3.45. The summed E-state index contributed by atoms with van der Waals surface area (Å²) < 4.78 is 0.313. The summed E-state index contributed by atoms with van der Waals surface area (Å²) in [5, 5.41) is 0. The molecule has 0 radical (unpaired) electrons. The Labute approximate surface area is 72.5 Å². The highest BCUT2D eigenvalue weighted by molar-refractivity contribution is 6.55. The Morgan fingerprint density at radius 2 is 2.10 bits per heavy atom. The molecule has 0 aliphatic rings. The van der Waals surface area contributed by atoms with E-state index in [0.29, 0.717) is 4.49 Å². The first-order chi connectivity index (χ1) is 4.77. The molecule has 0 atom stereocenters. The van der Waals surface area contributed by atoms with Crippen molar-refractivity contribution in [3.05, 3.63) is 22.7 Å². The van der Waals surface area contributed by atoms with Crippen molar-refractivity contribution in [2.45, 2.75) is 26.2 Å². The normalized spacial score (nSPS) is 10.3. The monoisotopic (exact) mass is 178 g/mol. The lowest BCUT2D eigenvalue weighted by Crippen LogP contribution is -1.64. The van der Waals surface area contributed by atoms with Gasteiger partial charge in [-0.05, 0) is 12.5 Å². The summed E-state index contributed by atoms with van der Waals surface area (Å²) in [7, 11) is 0. The fraction of sp³-hybridized carbons (Fsp3) is 0.500. The Morgan fingerprint density at radius 1 is 1.40 bits per heavy atom. The van der Waals surface area contributed by atoms with Crippen LogP contribution in [0, 0.1) is 0 Å². The van der Waals surface area contributed by atoms with Crippen LogP contribution in [0.15, 0.2) is 22.7 Å². The molecular formula is C8H12Cl2. The molecule has 0 saturated carbocycles. The molecule has 0 aliphatic carbocycles. The third-order valence-corrected chi connectivity index (χ3v) is 1.33. The van der Waals surface area contributed by atoms with Gasteiger partial charge in [0.15, 0.2) is 0 Å². The predicted octanol–water partition coefficient (Wildman–Crippen LogP) is 4.05. The van der Waals surface area contributed by atoms with E-state index in [1.54, 1.807) is 6.08 Å². The Bertz CT molecular complexity index is 121. The van der Waals surface area contributed by atoms with Crippen LogP contribution in [-0.2, 0) is 0 Å². The minimum absolute atomic E-state index is 0.313. The molecule has 58 valence electrons. The van der Waals surface area contributed by atoms with Crippen LogP contribution in [0.25, 0.3) is 0 Å². The van der Waals surface area contributed by atoms with E-state index in [4.69, 9.17) is 23.2 Å². The minimum atomic E-state index is 0.313. The van der Waals surface area contributed by atoms with Gasteiger partial charge in [0, 0.05) is 0 Å². The van der Waals surface area contributed by atoms with Crippen LogP contribution in [-0.4, -0.2) is 0 Å². The van der Waals surface area contributed by atoms with Gasteiger partial charge in [-0.3, -0.25) is 0 Å². The zero-order chi connectivity index (χ0) is 7.82. The van der Waals surface area contributed by atoms with Gasteiger partial charge in [-0.25, -0.2) is 0 Å². The zero-order valence-electron chi connectivity index (χ0n) is 6.11. The van der Waals surface area contributed by atoms with Crippen LogP contribution in [0.3, 0.4) is 0 Å². The molecule has 0 aromatic heterocycles. The predicted molar refractivity (Wildman–Crippen MR) is 48.5 cm³/mol. The quantitative estimate of drug-likeness (QED) is 0.451. The van der Waals surface area contributed by atoms with E-state index in [9.17, 15) is 0 Å². The number of hydrogen-bond acceptors (Lipinski definition) is 0. The van der Waals surface area contributed by atoms with E-state index in [1.807, 2.05) is 6.08 Å². The highest BCUT2D eigenvalue weighted by Gasteiger charge is 1.77. The van der Waals surface area contributed by atoms with Gasteiger partial charge in [-0.1, -0.05) is 55.1 Å². The Hall–Kier alpha value is 0.0600. The molecular weight excluding hydrogens is 167 g/mol. The van der Waals surface area contributed by atoms with E-state index < -0.39 is 0 Å². The molecule has 0 fully saturated rings. The van der Waals surface area contributed by atoms with Crippen LogP contribution in [0.5, 0.6) is 0 Å². The van der Waals surface area contributed by atoms with Gasteiger partial charge >= 0.3 is 0 Å². The maximum absolute atomic E-state index is 5.37. The highest BCUT2D eigenvalue weighted by Crippen LogP contribution is 2.06. The lowest BCUT2D eigenvalue weighted by Gasteiger charge is -1.85. The van der Waals surface area contributed by atoms with Crippen molar-refractivity contribution in [2.24, 2.45) is 0 Å². The molecule has 0 aliphatic heterocycles. The maximum atomic E-state index is 5.37. The molecule has 0 amide bonds. The van der Waals surface area contributed by atoms with Crippen molar-refractivity contribution in [3.8, 4) is 0 Å². The molecule has 0 unspecified atom stereocenters. The molecule has 0 aromatic rings. The van der Waals surface area contributed by atoms with Crippen molar-refractivity contribution in [1.29, 1.82) is 0 Å². The fourth-order valence-electron chi connectivity index (χ4n) is 0.559. The molecule has 0 aromatic carbocycles. The third-order valence-electron chi connectivity index (χ3n) is 1.08. The lowest BCUT2D eigenvalue weighted by molar-refractivity contribution is 0.815. The standard InChI is InChI=1S/C8H12Cl2/c1-2-3-4-5-6-7-8(9)10/h5-7H,2-4H2,1H3/b6-5+. The summed E-state index contributed by atoms with van der Waals surface area (Å²) in [5.41, 5.74) is 0. The summed E-state index contributed by atoms with van der Waals surface area (Å²) in [4.78, 5) is 0. The van der Waals surface area contributed by atoms with Crippen molar-refractivity contribution < 1.29 is 0 Å². The van der Waals surface area contributed by atoms with Crippen LogP contribution in [0.1, 0.15) is 26.2 Å². The third kappa shape index (κ3) is 8.06. The van der Waals surface area contributed by atoms with Gasteiger partial charge in [0.1, 0.15) is 4.49 Å². The highest BCUT2D eigenvalue weighted by atomic mass is 35.5. The Balaban J connectivity index is 3.29. The topological polar surface area (TPSA) is 0 Å². The summed E-state index contributed by atoms with van der Waals surface area (Å²) in [6.45, 7) is 2.16. The van der Waals surface area contributed by atoms with Gasteiger partial charge in [-0.2, -0.15) is 0 Å². The summed E-state index contributed by atoms with van der Waals surface area (Å²) >= 11 is 10.7. The average Bonchev–Trinajstić information content (AvgIpc) is 1.87. The van der Waals surface area contributed by atoms with E-state index in [0.717, 1.165) is 6.42 Å². The lowest BCUT2D eigenvalue weighted by atomic mass is 10.2. The molecule has 0 nitrogen and oxygen atoms in total. The largest absolute Gasteiger partial charge is 0.106 e. The van der Waals surface area contributed by atoms with Crippen molar-refractivity contribution in [3.63, 3.8) is 0 Å². The second-order valence-electron chi connectivity index (χ2n) is 2.03. The summed E-state index contributed by atoms with van der Waals surface area (Å²) in [6, 6.07) is 0. The molecule has 0 saturated heterocycles. The van der Waals surface area contributed by atoms with Crippen molar-refractivity contribution in [1.82, 2.24) is 0 Å². The number of allylic oxidation sites excluding steroid dienone is 3. The minimum Gasteiger partial charge on any atom is -0.0845 e. The summed E-state index contributed by atoms with van der Waals surface area (Å²) in [5.74, 6) is 0. The zero-order valence-corrected chi connectivity index (χ0v) is 7.62. The molecule has 0 spiro atoms. The van der Waals surface area contributed by atoms with Gasteiger partial charge in [0.2, 0.25) is 0 Å². The fourth-order valence-corrected chi connectivity index (χ4v) is 0.704. The van der Waals surface area contributed by atoms with Crippen LogP contribution in [0.2, 0.25) is 0 Å². The van der Waals surface area contributed by atoms with Crippen LogP contribution in [0.4, 0.5) is 0 Å². The molecule has 0 N–H and O–H groups in total. The van der Waals surface area contributed by atoms with Gasteiger partial charge < -0.3 is 0 Å². The van der Waals surface area contributed by atoms with E-state index in [1.165, 1.54) is 12.8 Å². The maximum Gasteiger partial charge on any atom is 0.106 e. The molecule has 0 rings (SSSR count). The van der Waals surface area contributed by atoms with Crippen molar-refractivity contribution in [2.75, 3.05) is 0 Å². The van der Waals surface area contributed by atoms with Crippen LogP contribution >= 0.6 is 23.2 Å². The SMILES string of the molecule is CCCC/C=C/C=C(Cl)Cl.